The third-order valence-corrected chi connectivity index (χ3v) is 14.9. The third-order valence-electron chi connectivity index (χ3n) is 12.0. The van der Waals surface area contributed by atoms with Gasteiger partial charge in [-0.3, -0.25) is 23.9 Å². The number of ether oxygens (including phenoxy) is 2. The number of amides is 3. The van der Waals surface area contributed by atoms with Crippen LogP contribution in [0, 0.1) is 11.3 Å². The van der Waals surface area contributed by atoms with E-state index >= 15 is 0 Å². The lowest BCUT2D eigenvalue weighted by Crippen LogP contribution is -2.52. The maximum Gasteiger partial charge on any atom is 0.573 e. The Morgan fingerprint density at radius 2 is 1.80 bits per heavy atom. The van der Waals surface area contributed by atoms with Gasteiger partial charge in [-0.2, -0.15) is 0 Å². The Balaban J connectivity index is 1.13. The molecule has 312 valence electrons. The van der Waals surface area contributed by atoms with Gasteiger partial charge in [0, 0.05) is 35.9 Å². The van der Waals surface area contributed by atoms with Gasteiger partial charge in [-0.1, -0.05) is 43.2 Å². The number of hydrogen-bond donors (Lipinski definition) is 2. The summed E-state index contributed by atoms with van der Waals surface area (Å²) in [6, 6.07) is 10.2. The molecule has 4 aromatic rings. The number of aromatic nitrogens is 2. The van der Waals surface area contributed by atoms with Crippen LogP contribution in [0.4, 0.5) is 13.2 Å². The van der Waals surface area contributed by atoms with Gasteiger partial charge >= 0.3 is 6.36 Å². The number of carbonyl (C=O) groups is 4. The number of rotatable bonds is 8. The number of alkyl halides is 3. The van der Waals surface area contributed by atoms with Crippen molar-refractivity contribution >= 4 is 66.7 Å². The Kier molecular flexibility index (Phi) is 10.7. The minimum absolute atomic E-state index is 0.0417. The number of nitrogens with zero attached hydrogens (tertiary/aromatic N) is 3. The summed E-state index contributed by atoms with van der Waals surface area (Å²) in [6.45, 7) is 1.45. The van der Waals surface area contributed by atoms with Crippen LogP contribution in [0.15, 0.2) is 66.9 Å². The van der Waals surface area contributed by atoms with E-state index in [4.69, 9.17) is 4.74 Å². The van der Waals surface area contributed by atoms with E-state index < -0.39 is 79.9 Å². The van der Waals surface area contributed by atoms with Crippen LogP contribution < -0.4 is 19.5 Å². The molecule has 2 saturated carbocycles. The van der Waals surface area contributed by atoms with Gasteiger partial charge in [-0.05, 0) is 92.6 Å². The van der Waals surface area contributed by atoms with Crippen LogP contribution >= 0.6 is 11.5 Å². The van der Waals surface area contributed by atoms with Crippen molar-refractivity contribution < 1.29 is 50.2 Å². The van der Waals surface area contributed by atoms with Crippen molar-refractivity contribution in [3.8, 4) is 11.6 Å². The molecule has 2 aromatic carbocycles. The lowest BCUT2D eigenvalue weighted by molar-refractivity contribution is -0.274. The molecule has 0 spiro atoms. The lowest BCUT2D eigenvalue weighted by Gasteiger charge is -2.29. The summed E-state index contributed by atoms with van der Waals surface area (Å²) in [4.78, 5) is 62.8. The van der Waals surface area contributed by atoms with Gasteiger partial charge in [0.1, 0.15) is 22.8 Å². The highest BCUT2D eigenvalue weighted by Gasteiger charge is 2.62. The molecule has 3 amide bonds. The highest BCUT2D eigenvalue weighted by molar-refractivity contribution is 7.91. The number of nitrogens with one attached hydrogen (secondary N) is 2. The number of sulfonamides is 1. The molecular formula is C41H42F3N5O8S2. The predicted molar refractivity (Wildman–Crippen MR) is 211 cm³/mol. The van der Waals surface area contributed by atoms with Gasteiger partial charge < -0.3 is 19.7 Å². The Labute approximate surface area is 341 Å². The zero-order valence-electron chi connectivity index (χ0n) is 32.0. The normalized spacial score (nSPS) is 26.5. The number of Topliss-reactive ketones (excluding diaryl/α,β-unsaturated/α-hetero) is 1. The summed E-state index contributed by atoms with van der Waals surface area (Å²) in [5, 5.41) is 4.56. The molecule has 1 saturated heterocycles. The maximum absolute atomic E-state index is 14.7. The van der Waals surface area contributed by atoms with E-state index in [0.717, 1.165) is 30.4 Å². The number of pyridine rings is 1. The number of halogens is 3. The third kappa shape index (κ3) is 8.38. The summed E-state index contributed by atoms with van der Waals surface area (Å²) >= 11 is 0.974. The molecular weight excluding hydrogens is 812 g/mol. The number of carbonyl (C=O) groups excluding carboxylic acids is 4. The predicted octanol–water partition coefficient (Wildman–Crippen LogP) is 6.37. The Morgan fingerprint density at radius 1 is 1.02 bits per heavy atom. The van der Waals surface area contributed by atoms with Gasteiger partial charge in [-0.15, -0.1) is 13.2 Å². The summed E-state index contributed by atoms with van der Waals surface area (Å²) in [6.07, 6.45) is 3.21. The fourth-order valence-corrected chi connectivity index (χ4v) is 10.0. The maximum atomic E-state index is 14.7. The van der Waals surface area contributed by atoms with Crippen LogP contribution in [-0.4, -0.2) is 82.0 Å². The Morgan fingerprint density at radius 3 is 2.53 bits per heavy atom. The second-order valence-electron chi connectivity index (χ2n) is 16.1. The molecule has 0 radical (unpaired) electrons. The first kappa shape index (κ1) is 40.7. The Hall–Kier alpha value is -5.10. The first-order valence-electron chi connectivity index (χ1n) is 19.6. The van der Waals surface area contributed by atoms with E-state index in [2.05, 4.69) is 24.1 Å². The van der Waals surface area contributed by atoms with Crippen molar-refractivity contribution in [2.75, 3.05) is 6.54 Å². The number of ketones is 1. The average molecular weight is 854 g/mol. The molecule has 5 atom stereocenters. The van der Waals surface area contributed by atoms with Gasteiger partial charge in [-0.25, -0.2) is 17.8 Å². The summed E-state index contributed by atoms with van der Waals surface area (Å²) in [5.41, 5.74) is -1.20. The van der Waals surface area contributed by atoms with Crippen LogP contribution in [-0.2, 0) is 24.4 Å². The molecule has 59 heavy (non-hydrogen) atoms. The quantitative estimate of drug-likeness (QED) is 0.150. The molecule has 8 rings (SSSR count). The fourth-order valence-electron chi connectivity index (χ4n) is 8.20. The summed E-state index contributed by atoms with van der Waals surface area (Å²) in [5.74, 6) is -3.07. The smallest absolute Gasteiger partial charge is 0.472 e. The molecule has 0 unspecified atom stereocenters. The van der Waals surface area contributed by atoms with E-state index in [1.807, 2.05) is 12.2 Å². The van der Waals surface area contributed by atoms with E-state index in [1.165, 1.54) is 29.3 Å². The van der Waals surface area contributed by atoms with Gasteiger partial charge in [0.2, 0.25) is 27.7 Å². The molecule has 13 nitrogen and oxygen atoms in total. The fraction of sp³-hybridized carbons (Fsp3) is 0.463. The van der Waals surface area contributed by atoms with Crippen LogP contribution in [0.25, 0.3) is 21.7 Å². The standard InChI is InChI=1S/C41H42F3N5O8S2/c1-39(16-17-39)59(54,55)48-38(53)40-21-24(40)9-5-3-2-4-6-12-30(46-35(51)34-15-18-45-58-34)37(52)49-23-26(20-32(49)33(50)22-40)56-36-29-11-8-7-10-27(29)28-14-13-25(19-31(28)47-36)57-41(42,43)44/h5,7-11,13-15,18-19,24,26,30,32H,2-4,6,12,16-17,20-23H2,1H3,(H,46,51)(H,48,53)/b9-5-/t24-,26-,30+,32+,40-/m1/s1. The van der Waals surface area contributed by atoms with E-state index in [0.29, 0.717) is 46.7 Å². The minimum Gasteiger partial charge on any atom is -0.472 e. The monoisotopic (exact) mass is 853 g/mol. The van der Waals surface area contributed by atoms with Crippen molar-refractivity contribution in [2.24, 2.45) is 11.3 Å². The average Bonchev–Trinajstić information content (AvgIpc) is 3.93. The second-order valence-corrected chi connectivity index (χ2v) is 19.2. The van der Waals surface area contributed by atoms with E-state index in [9.17, 15) is 40.8 Å². The number of hydrogen-bond acceptors (Lipinski definition) is 11. The van der Waals surface area contributed by atoms with Crippen LogP contribution in [0.3, 0.4) is 0 Å². The SMILES string of the molecule is CC1(S(=O)(=O)NC(=O)[C@]23CC(=O)[C@@H]4C[C@@H](Oc5nc6cc(OC(F)(F)F)ccc6c6ccccc56)CN4C(=O)[C@@H](NC(=O)c4ccns4)CCCCC/C=C\[C@@H]2C3)CC1. The summed E-state index contributed by atoms with van der Waals surface area (Å²) in [7, 11) is -4.02. The molecule has 3 fully saturated rings. The number of benzene rings is 2. The molecule has 0 bridgehead atoms. The largest absolute Gasteiger partial charge is 0.573 e. The van der Waals surface area contributed by atoms with Crippen molar-refractivity contribution in [3.63, 3.8) is 0 Å². The zero-order valence-corrected chi connectivity index (χ0v) is 33.6. The number of fused-ring (bicyclic) bond motifs is 5. The van der Waals surface area contributed by atoms with Crippen LogP contribution in [0.1, 0.15) is 80.8 Å². The lowest BCUT2D eigenvalue weighted by atomic mass is 9.91. The zero-order chi connectivity index (χ0) is 41.7. The number of allylic oxidation sites excluding steroid dienone is 2. The van der Waals surface area contributed by atoms with Crippen LogP contribution in [0.5, 0.6) is 11.6 Å². The van der Waals surface area contributed by atoms with E-state index in [1.54, 1.807) is 31.2 Å². The minimum atomic E-state index is -4.93. The van der Waals surface area contributed by atoms with Gasteiger partial charge in [0.05, 0.1) is 28.3 Å². The summed E-state index contributed by atoms with van der Waals surface area (Å²) < 4.78 is 81.7. The van der Waals surface area contributed by atoms with Gasteiger partial charge in [0.15, 0.2) is 5.78 Å². The first-order valence-corrected chi connectivity index (χ1v) is 21.8. The van der Waals surface area contributed by atoms with Gasteiger partial charge in [0.25, 0.3) is 5.91 Å². The van der Waals surface area contributed by atoms with Crippen molar-refractivity contribution in [2.45, 2.75) is 100 Å². The molecule has 2 N–H and O–H groups in total. The van der Waals surface area contributed by atoms with Crippen molar-refractivity contribution in [1.82, 2.24) is 24.3 Å². The highest BCUT2D eigenvalue weighted by Crippen LogP contribution is 2.57. The first-order chi connectivity index (χ1) is 28.1. The Bertz CT molecular complexity index is 2460. The van der Waals surface area contributed by atoms with Crippen molar-refractivity contribution in [1.29, 1.82) is 0 Å². The molecule has 2 aliphatic heterocycles. The second kappa shape index (κ2) is 15.5. The molecule has 2 aromatic heterocycles. The van der Waals surface area contributed by atoms with Crippen LogP contribution in [0.2, 0.25) is 0 Å². The topological polar surface area (TPSA) is 174 Å². The molecule has 4 heterocycles. The van der Waals surface area contributed by atoms with Crippen molar-refractivity contribution in [3.05, 3.63) is 71.8 Å². The molecule has 2 aliphatic carbocycles. The van der Waals surface area contributed by atoms with E-state index in [-0.39, 0.29) is 43.6 Å². The molecule has 4 aliphatic rings. The molecule has 18 heteroatoms. The highest BCUT2D eigenvalue weighted by atomic mass is 32.2.